The number of carboxylic acid groups (broad SMARTS) is 1. The van der Waals surface area contributed by atoms with E-state index in [1.165, 1.54) is 24.7 Å². The molecule has 0 fully saturated rings. The summed E-state index contributed by atoms with van der Waals surface area (Å²) in [6, 6.07) is 4.55. The third-order valence-corrected chi connectivity index (χ3v) is 2.16. The number of hydrogen-bond acceptors (Lipinski definition) is 3. The van der Waals surface area contributed by atoms with Gasteiger partial charge in [0.15, 0.2) is 0 Å². The summed E-state index contributed by atoms with van der Waals surface area (Å²) < 4.78 is 0. The van der Waals surface area contributed by atoms with Crippen molar-refractivity contribution in [1.29, 1.82) is 0 Å². The van der Waals surface area contributed by atoms with Crippen LogP contribution in [0.15, 0.2) is 41.6 Å². The van der Waals surface area contributed by atoms with Crippen molar-refractivity contribution in [3.05, 3.63) is 52.7 Å². The van der Waals surface area contributed by atoms with Gasteiger partial charge in [-0.05, 0) is 23.8 Å². The molecule has 0 aromatic carbocycles. The zero-order valence-electron chi connectivity index (χ0n) is 8.18. The van der Waals surface area contributed by atoms with Gasteiger partial charge in [0, 0.05) is 18.6 Å². The van der Waals surface area contributed by atoms with Crippen molar-refractivity contribution in [1.82, 2.24) is 9.97 Å². The van der Waals surface area contributed by atoms with Gasteiger partial charge in [0.1, 0.15) is 0 Å². The lowest BCUT2D eigenvalue weighted by atomic mass is 10.0. The Morgan fingerprint density at radius 3 is 2.56 bits per heavy atom. The molecule has 0 spiro atoms. The summed E-state index contributed by atoms with van der Waals surface area (Å²) in [5.41, 5.74) is 0.243. The van der Waals surface area contributed by atoms with Crippen LogP contribution in [0, 0.1) is 0 Å². The first-order valence-corrected chi connectivity index (χ1v) is 4.55. The first kappa shape index (κ1) is 10.1. The molecular formula is C11H8N2O3. The predicted molar refractivity (Wildman–Crippen MR) is 57.3 cm³/mol. The monoisotopic (exact) mass is 216 g/mol. The van der Waals surface area contributed by atoms with Crippen molar-refractivity contribution in [3.63, 3.8) is 0 Å². The number of hydrogen-bond donors (Lipinski definition) is 2. The van der Waals surface area contributed by atoms with Gasteiger partial charge in [0.25, 0.3) is 5.56 Å². The molecule has 80 valence electrons. The van der Waals surface area contributed by atoms with Gasteiger partial charge in [-0.15, -0.1) is 0 Å². The summed E-state index contributed by atoms with van der Waals surface area (Å²) in [6.45, 7) is 0. The molecule has 2 heterocycles. The van der Waals surface area contributed by atoms with Crippen LogP contribution < -0.4 is 5.56 Å². The Kier molecular flexibility index (Phi) is 2.51. The molecule has 16 heavy (non-hydrogen) atoms. The predicted octanol–water partition coefficient (Wildman–Crippen LogP) is 1.14. The summed E-state index contributed by atoms with van der Waals surface area (Å²) in [6.07, 6.45) is 4.33. The number of rotatable bonds is 2. The van der Waals surface area contributed by atoms with E-state index in [1.54, 1.807) is 12.1 Å². The molecule has 0 atom stereocenters. The zero-order valence-corrected chi connectivity index (χ0v) is 8.18. The van der Waals surface area contributed by atoms with E-state index in [1.807, 2.05) is 0 Å². The molecule has 5 heteroatoms. The molecule has 0 amide bonds. The number of pyridine rings is 2. The van der Waals surface area contributed by atoms with Crippen LogP contribution in [-0.4, -0.2) is 21.0 Å². The Bertz CT molecular complexity index is 575. The Morgan fingerprint density at radius 1 is 1.25 bits per heavy atom. The topological polar surface area (TPSA) is 83.0 Å². The highest BCUT2D eigenvalue weighted by molar-refractivity contribution is 5.95. The quantitative estimate of drug-likeness (QED) is 0.788. The van der Waals surface area contributed by atoms with Crippen LogP contribution in [0.1, 0.15) is 10.4 Å². The first-order valence-electron chi connectivity index (χ1n) is 4.55. The third kappa shape index (κ3) is 1.70. The van der Waals surface area contributed by atoms with Gasteiger partial charge in [0.2, 0.25) is 0 Å². The van der Waals surface area contributed by atoms with Crippen LogP contribution in [0.3, 0.4) is 0 Å². The molecule has 0 radical (unpaired) electrons. The highest BCUT2D eigenvalue weighted by atomic mass is 16.4. The maximum atomic E-state index is 11.6. The van der Waals surface area contributed by atoms with Gasteiger partial charge >= 0.3 is 5.97 Å². The number of aromatic nitrogens is 2. The van der Waals surface area contributed by atoms with Gasteiger partial charge in [-0.25, -0.2) is 4.79 Å². The van der Waals surface area contributed by atoms with Crippen LogP contribution in [0.25, 0.3) is 11.1 Å². The van der Waals surface area contributed by atoms with Gasteiger partial charge in [-0.3, -0.25) is 9.78 Å². The summed E-state index contributed by atoms with van der Waals surface area (Å²) >= 11 is 0. The van der Waals surface area contributed by atoms with Crippen LogP contribution in [0.5, 0.6) is 0 Å². The summed E-state index contributed by atoms with van der Waals surface area (Å²) in [7, 11) is 0. The highest BCUT2D eigenvalue weighted by Gasteiger charge is 2.14. The fraction of sp³-hybridized carbons (Fsp3) is 0. The number of H-pyrrole nitrogens is 1. The van der Waals surface area contributed by atoms with E-state index >= 15 is 0 Å². The van der Waals surface area contributed by atoms with E-state index in [0.717, 1.165) is 0 Å². The fourth-order valence-electron chi connectivity index (χ4n) is 1.46. The Labute approximate surface area is 90.4 Å². The maximum absolute atomic E-state index is 11.6. The minimum absolute atomic E-state index is 0.0186. The highest BCUT2D eigenvalue weighted by Crippen LogP contribution is 2.18. The number of carbonyl (C=O) groups is 1. The normalized spacial score (nSPS) is 10.0. The molecule has 2 rings (SSSR count). The van der Waals surface area contributed by atoms with Crippen molar-refractivity contribution < 1.29 is 9.90 Å². The second kappa shape index (κ2) is 3.98. The second-order valence-corrected chi connectivity index (χ2v) is 3.14. The van der Waals surface area contributed by atoms with E-state index in [9.17, 15) is 9.59 Å². The van der Waals surface area contributed by atoms with Crippen molar-refractivity contribution in [2.24, 2.45) is 0 Å². The van der Waals surface area contributed by atoms with Crippen LogP contribution in [0.2, 0.25) is 0 Å². The molecule has 0 aliphatic heterocycles. The first-order chi connectivity index (χ1) is 7.70. The van der Waals surface area contributed by atoms with Crippen molar-refractivity contribution in [2.75, 3.05) is 0 Å². The molecular weight excluding hydrogens is 208 g/mol. The van der Waals surface area contributed by atoms with Crippen LogP contribution in [-0.2, 0) is 0 Å². The standard InChI is InChI=1S/C11H8N2O3/c14-10-9(7-1-4-12-5-2-7)8(11(15)16)3-6-13-10/h1-6H,(H,13,14)(H,15,16). The molecule has 0 aliphatic rings. The molecule has 0 unspecified atom stereocenters. The molecule has 2 aromatic heterocycles. The molecule has 0 saturated carbocycles. The molecule has 5 nitrogen and oxygen atoms in total. The van der Waals surface area contributed by atoms with E-state index in [-0.39, 0.29) is 11.1 Å². The van der Waals surface area contributed by atoms with E-state index < -0.39 is 11.5 Å². The van der Waals surface area contributed by atoms with Crippen molar-refractivity contribution >= 4 is 5.97 Å². The molecule has 2 aromatic rings. The largest absolute Gasteiger partial charge is 0.478 e. The summed E-state index contributed by atoms with van der Waals surface area (Å²) in [5.74, 6) is -1.13. The third-order valence-electron chi connectivity index (χ3n) is 2.16. The van der Waals surface area contributed by atoms with Gasteiger partial charge in [-0.2, -0.15) is 0 Å². The summed E-state index contributed by atoms with van der Waals surface area (Å²) in [4.78, 5) is 28.9. The zero-order chi connectivity index (χ0) is 11.5. The maximum Gasteiger partial charge on any atom is 0.336 e. The molecule has 0 saturated heterocycles. The molecule has 0 bridgehead atoms. The van der Waals surface area contributed by atoms with Crippen molar-refractivity contribution in [2.45, 2.75) is 0 Å². The lowest BCUT2D eigenvalue weighted by Crippen LogP contribution is -2.14. The number of nitrogens with one attached hydrogen (secondary N) is 1. The van der Waals surface area contributed by atoms with E-state index in [2.05, 4.69) is 9.97 Å². The SMILES string of the molecule is O=C(O)c1cc[nH]c(=O)c1-c1ccncc1. The van der Waals surface area contributed by atoms with Gasteiger partial charge in [-0.1, -0.05) is 0 Å². The van der Waals surface area contributed by atoms with Crippen LogP contribution >= 0.6 is 0 Å². The van der Waals surface area contributed by atoms with E-state index in [4.69, 9.17) is 5.11 Å². The average molecular weight is 216 g/mol. The molecule has 0 aliphatic carbocycles. The Hall–Kier alpha value is -2.43. The lowest BCUT2D eigenvalue weighted by molar-refractivity contribution is 0.0697. The smallest absolute Gasteiger partial charge is 0.336 e. The second-order valence-electron chi connectivity index (χ2n) is 3.14. The lowest BCUT2D eigenvalue weighted by Gasteiger charge is -2.03. The molecule has 2 N–H and O–H groups in total. The van der Waals surface area contributed by atoms with Gasteiger partial charge in [0.05, 0.1) is 11.1 Å². The summed E-state index contributed by atoms with van der Waals surface area (Å²) in [5, 5.41) is 8.98. The Morgan fingerprint density at radius 2 is 1.94 bits per heavy atom. The van der Waals surface area contributed by atoms with Crippen molar-refractivity contribution in [3.8, 4) is 11.1 Å². The Balaban J connectivity index is 2.74. The van der Waals surface area contributed by atoms with Gasteiger partial charge < -0.3 is 10.1 Å². The minimum Gasteiger partial charge on any atom is -0.478 e. The van der Waals surface area contributed by atoms with E-state index in [0.29, 0.717) is 5.56 Å². The fourth-order valence-corrected chi connectivity index (χ4v) is 1.46. The minimum atomic E-state index is -1.13. The number of carboxylic acids is 1. The number of aromatic amines is 1. The number of aromatic carboxylic acids is 1. The number of nitrogens with zero attached hydrogens (tertiary/aromatic N) is 1. The average Bonchev–Trinajstić information content (AvgIpc) is 2.29. The van der Waals surface area contributed by atoms with Crippen LogP contribution in [0.4, 0.5) is 0 Å².